The van der Waals surface area contributed by atoms with Crippen molar-refractivity contribution in [3.63, 3.8) is 0 Å². The third-order valence-electron chi connectivity index (χ3n) is 5.08. The van der Waals surface area contributed by atoms with Crippen LogP contribution in [-0.2, 0) is 0 Å². The highest BCUT2D eigenvalue weighted by Crippen LogP contribution is 2.24. The average molecular weight is 299 g/mol. The SMILES string of the molecule is c1ccc2c(N3CCN(CC[C@@H]4CCCN4)CC3)n[nH]c2c1. The maximum Gasteiger partial charge on any atom is 0.158 e. The number of anilines is 1. The van der Waals surface area contributed by atoms with Gasteiger partial charge in [-0.1, -0.05) is 12.1 Å². The van der Waals surface area contributed by atoms with Crippen molar-refractivity contribution in [2.45, 2.75) is 25.3 Å². The Kier molecular flexibility index (Phi) is 3.99. The molecule has 1 aromatic carbocycles. The summed E-state index contributed by atoms with van der Waals surface area (Å²) < 4.78 is 0. The Hall–Kier alpha value is -1.59. The zero-order chi connectivity index (χ0) is 14.8. The summed E-state index contributed by atoms with van der Waals surface area (Å²) in [7, 11) is 0. The molecule has 2 saturated heterocycles. The molecular weight excluding hydrogens is 274 g/mol. The second-order valence-electron chi connectivity index (χ2n) is 6.50. The number of piperazine rings is 1. The molecule has 1 aromatic heterocycles. The molecule has 2 aliphatic heterocycles. The predicted octanol–water partition coefficient (Wildman–Crippen LogP) is 1.83. The maximum atomic E-state index is 4.53. The molecule has 0 aliphatic carbocycles. The summed E-state index contributed by atoms with van der Waals surface area (Å²) in [6.07, 6.45) is 4.01. The Morgan fingerprint density at radius 3 is 2.82 bits per heavy atom. The van der Waals surface area contributed by atoms with E-state index < -0.39 is 0 Å². The number of aromatic amines is 1. The van der Waals surface area contributed by atoms with Gasteiger partial charge in [-0.3, -0.25) is 10.00 Å². The van der Waals surface area contributed by atoms with Gasteiger partial charge in [0.05, 0.1) is 5.52 Å². The molecule has 0 amide bonds. The van der Waals surface area contributed by atoms with Crippen molar-refractivity contribution in [3.8, 4) is 0 Å². The van der Waals surface area contributed by atoms with E-state index in [-0.39, 0.29) is 0 Å². The van der Waals surface area contributed by atoms with Gasteiger partial charge in [-0.15, -0.1) is 0 Å². The molecule has 0 unspecified atom stereocenters. The number of aromatic nitrogens is 2. The number of hydrogen-bond acceptors (Lipinski definition) is 4. The molecule has 0 saturated carbocycles. The van der Waals surface area contributed by atoms with Crippen molar-refractivity contribution in [3.05, 3.63) is 24.3 Å². The first kappa shape index (κ1) is 14.0. The average Bonchev–Trinajstić information content (AvgIpc) is 3.23. The number of nitrogens with one attached hydrogen (secondary N) is 2. The third-order valence-corrected chi connectivity index (χ3v) is 5.08. The minimum absolute atomic E-state index is 0.758. The number of benzene rings is 1. The van der Waals surface area contributed by atoms with Crippen LogP contribution in [0.4, 0.5) is 5.82 Å². The van der Waals surface area contributed by atoms with Crippen molar-refractivity contribution >= 4 is 16.7 Å². The van der Waals surface area contributed by atoms with Gasteiger partial charge in [-0.2, -0.15) is 5.10 Å². The Balaban J connectivity index is 1.33. The standard InChI is InChI=1S/C17H25N5/c1-2-6-16-15(5-1)17(20-19-16)22-12-10-21(11-13-22)9-7-14-4-3-8-18-14/h1-2,5-6,14,18H,3-4,7-13H2,(H,19,20)/t14-/m0/s1. The van der Waals surface area contributed by atoms with Gasteiger partial charge in [0.2, 0.25) is 0 Å². The minimum Gasteiger partial charge on any atom is -0.352 e. The van der Waals surface area contributed by atoms with Crippen molar-refractivity contribution in [2.75, 3.05) is 44.2 Å². The third kappa shape index (κ3) is 2.83. The molecular formula is C17H25N5. The fraction of sp³-hybridized carbons (Fsp3) is 0.588. The van der Waals surface area contributed by atoms with Crippen LogP contribution < -0.4 is 10.2 Å². The molecule has 118 valence electrons. The molecule has 0 radical (unpaired) electrons. The van der Waals surface area contributed by atoms with Gasteiger partial charge >= 0.3 is 0 Å². The van der Waals surface area contributed by atoms with E-state index in [2.05, 4.69) is 49.6 Å². The van der Waals surface area contributed by atoms with Crippen molar-refractivity contribution in [1.82, 2.24) is 20.4 Å². The van der Waals surface area contributed by atoms with E-state index in [1.807, 2.05) is 0 Å². The smallest absolute Gasteiger partial charge is 0.158 e. The van der Waals surface area contributed by atoms with Crippen LogP contribution in [0.15, 0.2) is 24.3 Å². The topological polar surface area (TPSA) is 47.2 Å². The van der Waals surface area contributed by atoms with E-state index in [1.165, 1.54) is 37.7 Å². The molecule has 5 nitrogen and oxygen atoms in total. The van der Waals surface area contributed by atoms with E-state index in [1.54, 1.807) is 0 Å². The minimum atomic E-state index is 0.758. The van der Waals surface area contributed by atoms with Crippen molar-refractivity contribution in [2.24, 2.45) is 0 Å². The van der Waals surface area contributed by atoms with E-state index in [0.717, 1.165) is 43.6 Å². The Bertz CT molecular complexity index is 608. The van der Waals surface area contributed by atoms with Crippen LogP contribution in [0.5, 0.6) is 0 Å². The van der Waals surface area contributed by atoms with Gasteiger partial charge < -0.3 is 10.2 Å². The molecule has 22 heavy (non-hydrogen) atoms. The summed E-state index contributed by atoms with van der Waals surface area (Å²) in [5.74, 6) is 1.12. The lowest BCUT2D eigenvalue weighted by Gasteiger charge is -2.35. The zero-order valence-corrected chi connectivity index (χ0v) is 13.1. The van der Waals surface area contributed by atoms with Crippen LogP contribution >= 0.6 is 0 Å². The van der Waals surface area contributed by atoms with E-state index in [0.29, 0.717) is 0 Å². The summed E-state index contributed by atoms with van der Waals surface area (Å²) in [6.45, 7) is 6.89. The van der Waals surface area contributed by atoms with Crippen LogP contribution in [0.1, 0.15) is 19.3 Å². The molecule has 0 bridgehead atoms. The predicted molar refractivity (Wildman–Crippen MR) is 90.4 cm³/mol. The maximum absolute atomic E-state index is 4.53. The summed E-state index contributed by atoms with van der Waals surface area (Å²) in [6, 6.07) is 9.16. The molecule has 0 spiro atoms. The number of hydrogen-bond donors (Lipinski definition) is 2. The summed E-state index contributed by atoms with van der Waals surface area (Å²) in [4.78, 5) is 5.02. The summed E-state index contributed by atoms with van der Waals surface area (Å²) >= 11 is 0. The lowest BCUT2D eigenvalue weighted by atomic mass is 10.1. The molecule has 4 rings (SSSR count). The largest absolute Gasteiger partial charge is 0.352 e. The first-order valence-corrected chi connectivity index (χ1v) is 8.54. The Morgan fingerprint density at radius 1 is 1.14 bits per heavy atom. The number of nitrogens with zero attached hydrogens (tertiary/aromatic N) is 3. The van der Waals surface area contributed by atoms with E-state index in [4.69, 9.17) is 0 Å². The van der Waals surface area contributed by atoms with Crippen LogP contribution in [0.25, 0.3) is 10.9 Å². The number of rotatable bonds is 4. The van der Waals surface area contributed by atoms with Crippen molar-refractivity contribution in [1.29, 1.82) is 0 Å². The highest BCUT2D eigenvalue weighted by atomic mass is 15.3. The number of H-pyrrole nitrogens is 1. The Morgan fingerprint density at radius 2 is 2.00 bits per heavy atom. The van der Waals surface area contributed by atoms with Gasteiger partial charge in [0.25, 0.3) is 0 Å². The Labute approximate surface area is 131 Å². The fourth-order valence-electron chi connectivity index (χ4n) is 3.71. The highest BCUT2D eigenvalue weighted by Gasteiger charge is 2.21. The van der Waals surface area contributed by atoms with Crippen LogP contribution in [0.3, 0.4) is 0 Å². The molecule has 2 aromatic rings. The number of fused-ring (bicyclic) bond motifs is 1. The molecule has 2 N–H and O–H groups in total. The zero-order valence-electron chi connectivity index (χ0n) is 13.1. The van der Waals surface area contributed by atoms with Crippen LogP contribution in [0, 0.1) is 0 Å². The quantitative estimate of drug-likeness (QED) is 0.904. The normalized spacial score (nSPS) is 23.5. The summed E-state index contributed by atoms with van der Waals surface area (Å²) in [5.41, 5.74) is 1.13. The second kappa shape index (κ2) is 6.26. The monoisotopic (exact) mass is 299 g/mol. The molecule has 2 aliphatic rings. The van der Waals surface area contributed by atoms with Gasteiger partial charge in [0.1, 0.15) is 0 Å². The molecule has 5 heteroatoms. The molecule has 1 atom stereocenters. The lowest BCUT2D eigenvalue weighted by molar-refractivity contribution is 0.245. The van der Waals surface area contributed by atoms with E-state index in [9.17, 15) is 0 Å². The number of para-hydroxylation sites is 1. The second-order valence-corrected chi connectivity index (χ2v) is 6.50. The molecule has 3 heterocycles. The first-order chi connectivity index (χ1) is 10.9. The first-order valence-electron chi connectivity index (χ1n) is 8.54. The van der Waals surface area contributed by atoms with Crippen LogP contribution in [-0.4, -0.2) is 60.4 Å². The van der Waals surface area contributed by atoms with Gasteiger partial charge in [0.15, 0.2) is 5.82 Å². The molecule has 2 fully saturated rings. The van der Waals surface area contributed by atoms with Gasteiger partial charge in [0, 0.05) is 37.6 Å². The lowest BCUT2D eigenvalue weighted by Crippen LogP contribution is -2.47. The van der Waals surface area contributed by atoms with E-state index >= 15 is 0 Å². The van der Waals surface area contributed by atoms with Crippen molar-refractivity contribution < 1.29 is 0 Å². The van der Waals surface area contributed by atoms with Crippen LogP contribution in [0.2, 0.25) is 0 Å². The fourth-order valence-corrected chi connectivity index (χ4v) is 3.71. The summed E-state index contributed by atoms with van der Waals surface area (Å²) in [5, 5.41) is 12.5. The van der Waals surface area contributed by atoms with Gasteiger partial charge in [-0.25, -0.2) is 0 Å². The van der Waals surface area contributed by atoms with Gasteiger partial charge in [-0.05, 0) is 44.5 Å². The highest BCUT2D eigenvalue weighted by molar-refractivity contribution is 5.90.